The van der Waals surface area contributed by atoms with Gasteiger partial charge in [0.2, 0.25) is 0 Å². The standard InChI is InChI=1S/C23H20N4O3/c1-14-18(13-24-27(14)2)20-12-17(16-5-3-4-6-19(16)26-20)23(28)25-15-7-8-21-22(11-15)30-10-9-29-21/h3-8,11-13H,9-10H2,1-2H3,(H,25,28). The van der Waals surface area contributed by atoms with Gasteiger partial charge in [0.15, 0.2) is 11.5 Å². The van der Waals surface area contributed by atoms with Crippen molar-refractivity contribution in [3.8, 4) is 22.8 Å². The molecule has 1 aliphatic heterocycles. The zero-order valence-electron chi connectivity index (χ0n) is 16.7. The summed E-state index contributed by atoms with van der Waals surface area (Å²) in [6.07, 6.45) is 1.77. The Kier molecular flexibility index (Phi) is 4.35. The number of carbonyl (C=O) groups is 1. The molecule has 1 N–H and O–H groups in total. The van der Waals surface area contributed by atoms with Crippen molar-refractivity contribution in [2.75, 3.05) is 18.5 Å². The second-order valence-electron chi connectivity index (χ2n) is 7.15. The van der Waals surface area contributed by atoms with Gasteiger partial charge in [-0.3, -0.25) is 9.48 Å². The summed E-state index contributed by atoms with van der Waals surface area (Å²) in [4.78, 5) is 18.0. The molecule has 0 aliphatic carbocycles. The predicted molar refractivity (Wildman–Crippen MR) is 114 cm³/mol. The summed E-state index contributed by atoms with van der Waals surface area (Å²) in [5.74, 6) is 1.10. The third-order valence-corrected chi connectivity index (χ3v) is 5.27. The predicted octanol–water partition coefficient (Wildman–Crippen LogP) is 3.97. The van der Waals surface area contributed by atoms with E-state index in [1.54, 1.807) is 29.1 Å². The number of aromatic nitrogens is 3. The van der Waals surface area contributed by atoms with Gasteiger partial charge in [-0.25, -0.2) is 4.98 Å². The summed E-state index contributed by atoms with van der Waals surface area (Å²) in [5, 5.41) is 8.07. The Morgan fingerprint density at radius 2 is 1.87 bits per heavy atom. The van der Waals surface area contributed by atoms with Crippen LogP contribution in [0.15, 0.2) is 54.7 Å². The van der Waals surface area contributed by atoms with Crippen LogP contribution in [0.1, 0.15) is 16.1 Å². The molecule has 1 amide bonds. The number of hydrogen-bond acceptors (Lipinski definition) is 5. The molecule has 5 rings (SSSR count). The van der Waals surface area contributed by atoms with E-state index in [1.807, 2.05) is 44.3 Å². The highest BCUT2D eigenvalue weighted by Crippen LogP contribution is 2.33. The van der Waals surface area contributed by atoms with Crippen LogP contribution in [0.4, 0.5) is 5.69 Å². The lowest BCUT2D eigenvalue weighted by atomic mass is 10.0. The second-order valence-corrected chi connectivity index (χ2v) is 7.15. The Morgan fingerprint density at radius 3 is 2.67 bits per heavy atom. The lowest BCUT2D eigenvalue weighted by Crippen LogP contribution is -2.16. The first-order chi connectivity index (χ1) is 14.6. The Labute approximate surface area is 173 Å². The van der Waals surface area contributed by atoms with Crippen LogP contribution in [0.2, 0.25) is 0 Å². The third-order valence-electron chi connectivity index (χ3n) is 5.27. The lowest BCUT2D eigenvalue weighted by Gasteiger charge is -2.19. The van der Waals surface area contributed by atoms with Crippen molar-refractivity contribution in [1.82, 2.24) is 14.8 Å². The fourth-order valence-corrected chi connectivity index (χ4v) is 3.57. The molecule has 2 aromatic carbocycles. The number of benzene rings is 2. The van der Waals surface area contributed by atoms with Crippen LogP contribution in [0.3, 0.4) is 0 Å². The van der Waals surface area contributed by atoms with Gasteiger partial charge >= 0.3 is 0 Å². The number of aryl methyl sites for hydroxylation is 1. The number of amides is 1. The molecule has 0 saturated heterocycles. The molecule has 30 heavy (non-hydrogen) atoms. The lowest BCUT2D eigenvalue weighted by molar-refractivity contribution is 0.102. The molecule has 0 radical (unpaired) electrons. The molecule has 2 aromatic heterocycles. The van der Waals surface area contributed by atoms with E-state index in [1.165, 1.54) is 0 Å². The zero-order chi connectivity index (χ0) is 20.7. The second kappa shape index (κ2) is 7.18. The Bertz CT molecular complexity index is 1280. The van der Waals surface area contributed by atoms with Crippen molar-refractivity contribution >= 4 is 22.5 Å². The monoisotopic (exact) mass is 400 g/mol. The van der Waals surface area contributed by atoms with Crippen molar-refractivity contribution in [2.45, 2.75) is 6.92 Å². The number of rotatable bonds is 3. The minimum atomic E-state index is -0.215. The van der Waals surface area contributed by atoms with Crippen molar-refractivity contribution in [1.29, 1.82) is 0 Å². The van der Waals surface area contributed by atoms with Gasteiger partial charge in [0.05, 0.1) is 23.0 Å². The maximum atomic E-state index is 13.2. The number of fused-ring (bicyclic) bond motifs is 2. The molecule has 150 valence electrons. The maximum absolute atomic E-state index is 13.2. The summed E-state index contributed by atoms with van der Waals surface area (Å²) < 4.78 is 13.0. The van der Waals surface area contributed by atoms with Gasteiger partial charge in [-0.05, 0) is 31.2 Å². The van der Waals surface area contributed by atoms with E-state index in [-0.39, 0.29) is 5.91 Å². The first kappa shape index (κ1) is 18.2. The van der Waals surface area contributed by atoms with Crippen LogP contribution < -0.4 is 14.8 Å². The first-order valence-electron chi connectivity index (χ1n) is 9.70. The third kappa shape index (κ3) is 3.14. The first-order valence-corrected chi connectivity index (χ1v) is 9.70. The van der Waals surface area contributed by atoms with Gasteiger partial charge in [-0.15, -0.1) is 0 Å². The highest BCUT2D eigenvalue weighted by atomic mass is 16.6. The molecule has 0 bridgehead atoms. The smallest absolute Gasteiger partial charge is 0.256 e. The number of para-hydroxylation sites is 1. The zero-order valence-corrected chi connectivity index (χ0v) is 16.7. The van der Waals surface area contributed by atoms with Crippen molar-refractivity contribution in [3.63, 3.8) is 0 Å². The van der Waals surface area contributed by atoms with E-state index in [2.05, 4.69) is 10.4 Å². The molecule has 7 heteroatoms. The van der Waals surface area contributed by atoms with Gasteiger partial charge in [0.1, 0.15) is 13.2 Å². The van der Waals surface area contributed by atoms with Crippen LogP contribution in [-0.4, -0.2) is 33.9 Å². The molecular weight excluding hydrogens is 380 g/mol. The Hall–Kier alpha value is -3.87. The Morgan fingerprint density at radius 1 is 1.07 bits per heavy atom. The van der Waals surface area contributed by atoms with E-state index in [4.69, 9.17) is 14.5 Å². The quantitative estimate of drug-likeness (QED) is 0.563. The number of hydrogen-bond donors (Lipinski definition) is 1. The fourth-order valence-electron chi connectivity index (χ4n) is 3.57. The average molecular weight is 400 g/mol. The number of nitrogens with zero attached hydrogens (tertiary/aromatic N) is 3. The SMILES string of the molecule is Cc1c(-c2cc(C(=O)Nc3ccc4c(c3)OCCO4)c3ccccc3n2)cnn1C. The van der Waals surface area contributed by atoms with E-state index in [9.17, 15) is 4.79 Å². The van der Waals surface area contributed by atoms with E-state index in [0.717, 1.165) is 22.2 Å². The summed E-state index contributed by atoms with van der Waals surface area (Å²) >= 11 is 0. The molecule has 1 aliphatic rings. The Balaban J connectivity index is 1.56. The maximum Gasteiger partial charge on any atom is 0.256 e. The molecular formula is C23H20N4O3. The van der Waals surface area contributed by atoms with Gasteiger partial charge < -0.3 is 14.8 Å². The molecule has 4 aromatic rings. The topological polar surface area (TPSA) is 78.3 Å². The number of anilines is 1. The fraction of sp³-hybridized carbons (Fsp3) is 0.174. The highest BCUT2D eigenvalue weighted by molar-refractivity contribution is 6.13. The molecule has 3 heterocycles. The summed E-state index contributed by atoms with van der Waals surface area (Å²) in [6, 6.07) is 14.8. The van der Waals surface area contributed by atoms with Crippen LogP contribution in [-0.2, 0) is 7.05 Å². The average Bonchev–Trinajstić information content (AvgIpc) is 3.11. The van der Waals surface area contributed by atoms with Crippen molar-refractivity contribution in [2.24, 2.45) is 7.05 Å². The van der Waals surface area contributed by atoms with Crippen LogP contribution in [0, 0.1) is 6.92 Å². The molecule has 0 unspecified atom stereocenters. The van der Waals surface area contributed by atoms with Crippen LogP contribution >= 0.6 is 0 Å². The van der Waals surface area contributed by atoms with Gasteiger partial charge in [0, 0.05) is 35.4 Å². The molecule has 0 spiro atoms. The summed E-state index contributed by atoms with van der Waals surface area (Å²) in [5.41, 5.74) is 4.54. The number of nitrogens with one attached hydrogen (secondary N) is 1. The molecule has 0 saturated carbocycles. The number of carbonyl (C=O) groups excluding carboxylic acids is 1. The van der Waals surface area contributed by atoms with Crippen molar-refractivity contribution in [3.05, 3.63) is 66.0 Å². The number of ether oxygens (including phenoxy) is 2. The normalized spacial score (nSPS) is 12.7. The van der Waals surface area contributed by atoms with Crippen LogP contribution in [0.5, 0.6) is 11.5 Å². The minimum absolute atomic E-state index is 0.215. The largest absolute Gasteiger partial charge is 0.486 e. The highest BCUT2D eigenvalue weighted by Gasteiger charge is 2.18. The van der Waals surface area contributed by atoms with E-state index >= 15 is 0 Å². The van der Waals surface area contributed by atoms with Crippen LogP contribution in [0.25, 0.3) is 22.2 Å². The minimum Gasteiger partial charge on any atom is -0.486 e. The van der Waals surface area contributed by atoms with Gasteiger partial charge in [0.25, 0.3) is 5.91 Å². The van der Waals surface area contributed by atoms with Crippen molar-refractivity contribution < 1.29 is 14.3 Å². The van der Waals surface area contributed by atoms with Gasteiger partial charge in [-0.1, -0.05) is 18.2 Å². The molecule has 0 fully saturated rings. The molecule has 7 nitrogen and oxygen atoms in total. The summed E-state index contributed by atoms with van der Waals surface area (Å²) in [6.45, 7) is 3.00. The van der Waals surface area contributed by atoms with E-state index < -0.39 is 0 Å². The number of pyridine rings is 1. The van der Waals surface area contributed by atoms with Gasteiger partial charge in [-0.2, -0.15) is 5.10 Å². The summed E-state index contributed by atoms with van der Waals surface area (Å²) in [7, 11) is 1.88. The molecule has 0 atom stereocenters. The van der Waals surface area contributed by atoms with E-state index in [0.29, 0.717) is 41.7 Å².